The molecule has 7 atom stereocenters. The maximum absolute atomic E-state index is 14.3. The molecule has 2 bridgehead atoms. The van der Waals surface area contributed by atoms with E-state index in [1.165, 1.54) is 13.0 Å². The molecule has 0 saturated carbocycles. The molecule has 456 valence electrons. The Hall–Kier alpha value is -6.82. The fourth-order valence-electron chi connectivity index (χ4n) is 7.62. The molecule has 0 saturated heterocycles. The van der Waals surface area contributed by atoms with Crippen molar-refractivity contribution in [3.8, 4) is 11.5 Å². The summed E-state index contributed by atoms with van der Waals surface area (Å²) in [5.41, 5.74) is 1.16. The van der Waals surface area contributed by atoms with E-state index in [0.717, 1.165) is 23.0 Å². The van der Waals surface area contributed by atoms with Crippen molar-refractivity contribution in [3.63, 3.8) is 0 Å². The zero-order valence-corrected chi connectivity index (χ0v) is 53.5. The first-order chi connectivity index (χ1) is 38.4. The molecule has 83 heavy (non-hydrogen) atoms. The monoisotopic (exact) mass is 1230 g/mol. The van der Waals surface area contributed by atoms with Crippen LogP contribution in [0.25, 0.3) is 6.08 Å². The Morgan fingerprint density at radius 3 is 1.89 bits per heavy atom. The van der Waals surface area contributed by atoms with Gasteiger partial charge in [-0.05, 0) is 110 Å². The molecule has 0 fully saturated rings. The zero-order valence-electron chi connectivity index (χ0n) is 49.9. The maximum Gasteiger partial charge on any atom is 0.290 e. The lowest BCUT2D eigenvalue weighted by Gasteiger charge is -2.36. The lowest BCUT2D eigenvalue weighted by Crippen LogP contribution is -2.61. The minimum absolute atomic E-state index is 0.0323. The highest BCUT2D eigenvalue weighted by Crippen LogP contribution is 2.38. The molecule has 0 radical (unpaired) electrons. The summed E-state index contributed by atoms with van der Waals surface area (Å²) in [6.07, 6.45) is 2.90. The van der Waals surface area contributed by atoms with Crippen molar-refractivity contribution in [1.29, 1.82) is 0 Å². The maximum atomic E-state index is 14.3. The molecule has 3 aromatic rings. The molecule has 27 heteroatoms. The van der Waals surface area contributed by atoms with Gasteiger partial charge in [-0.3, -0.25) is 47.7 Å². The number of aromatic nitrogens is 1. The van der Waals surface area contributed by atoms with Gasteiger partial charge >= 0.3 is 0 Å². The predicted octanol–water partition coefficient (Wildman–Crippen LogP) is 4.63. The van der Waals surface area contributed by atoms with Crippen LogP contribution in [-0.2, 0) is 54.9 Å². The summed E-state index contributed by atoms with van der Waals surface area (Å²) >= 11 is 1.10. The molecule has 2 aromatic carbocycles. The lowest BCUT2D eigenvalue weighted by atomic mass is 9.94. The van der Waals surface area contributed by atoms with Gasteiger partial charge < -0.3 is 51.4 Å². The fourth-order valence-corrected chi connectivity index (χ4v) is 11.2. The lowest BCUT2D eigenvalue weighted by molar-refractivity contribution is -0.141. The molecule has 0 unspecified atom stereocenters. The summed E-state index contributed by atoms with van der Waals surface area (Å²) in [5.74, 6) is -9.31. The Morgan fingerprint density at radius 2 is 1.35 bits per heavy atom. The van der Waals surface area contributed by atoms with Crippen molar-refractivity contribution in [3.05, 3.63) is 81.8 Å². The van der Waals surface area contributed by atoms with Crippen molar-refractivity contribution in [2.24, 2.45) is 5.92 Å². The number of nitrogens with one attached hydrogen (secondary N) is 8. The van der Waals surface area contributed by atoms with Gasteiger partial charge in [0.25, 0.3) is 21.9 Å². The molecular formula is C56H83N9O14S2Si2. The number of carbonyl (C=O) groups excluding carboxylic acids is 9. The number of rotatable bonds is 18. The number of thiazole rings is 1. The van der Waals surface area contributed by atoms with Crippen LogP contribution < -0.4 is 51.4 Å². The second-order valence-corrected chi connectivity index (χ2v) is 35.6. The van der Waals surface area contributed by atoms with E-state index >= 15 is 0 Å². The third-order valence-corrected chi connectivity index (χ3v) is 25.4. The van der Waals surface area contributed by atoms with Crippen LogP contribution in [0.2, 0.25) is 36.3 Å². The van der Waals surface area contributed by atoms with Crippen molar-refractivity contribution in [1.82, 2.24) is 47.5 Å². The first-order valence-electron chi connectivity index (χ1n) is 27.5. The van der Waals surface area contributed by atoms with E-state index in [-0.39, 0.29) is 40.6 Å². The van der Waals surface area contributed by atoms with E-state index in [1.54, 1.807) is 50.4 Å². The summed E-state index contributed by atoms with van der Waals surface area (Å²) in [4.78, 5) is 129. The summed E-state index contributed by atoms with van der Waals surface area (Å²) in [6.45, 7) is 26.1. The molecule has 9 N–H and O–H groups in total. The highest BCUT2D eigenvalue weighted by molar-refractivity contribution is 7.85. The predicted molar refractivity (Wildman–Crippen MR) is 321 cm³/mol. The Morgan fingerprint density at radius 1 is 0.771 bits per heavy atom. The highest BCUT2D eigenvalue weighted by atomic mass is 32.2. The molecule has 1 aromatic heterocycles. The van der Waals surface area contributed by atoms with E-state index in [9.17, 15) is 56.1 Å². The molecule has 0 spiro atoms. The van der Waals surface area contributed by atoms with E-state index in [1.807, 2.05) is 24.3 Å². The number of amides is 8. The third-order valence-electron chi connectivity index (χ3n) is 14.9. The van der Waals surface area contributed by atoms with Crippen molar-refractivity contribution in [2.75, 3.05) is 18.8 Å². The molecule has 1 aliphatic heterocycles. The smallest absolute Gasteiger partial charge is 0.290 e. The number of hydrogen-bond acceptors (Lipinski definition) is 15. The largest absolute Gasteiger partial charge is 0.544 e. The number of fused-ring (bicyclic) bond motifs is 2. The summed E-state index contributed by atoms with van der Waals surface area (Å²) < 4.78 is 46.9. The summed E-state index contributed by atoms with van der Waals surface area (Å²) in [6, 6.07) is 4.79. The van der Waals surface area contributed by atoms with Crippen LogP contribution in [0.5, 0.6) is 11.5 Å². The second-order valence-electron chi connectivity index (χ2n) is 23.7. The quantitative estimate of drug-likeness (QED) is 0.0476. The van der Waals surface area contributed by atoms with Crippen LogP contribution >= 0.6 is 11.3 Å². The summed E-state index contributed by atoms with van der Waals surface area (Å²) in [7, 11) is -9.32. The number of benzene rings is 2. The molecule has 8 amide bonds. The standard InChI is InChI=1S/C56H83N9O14S2Si2/c1-15-17-40-51(72)65-46(33(3)16-2)47(68)53(74)63-41(28-35-18-23-38(24-19-35)78-82(11,12)55(5,6)7)54-60-37(31-80-54)22-27-44(66)61-43(32-81(75,76)77)50(71)57-29-42(52(73)62-40)64-48(69)34(4)59-45(67)30-58-49(70)36-20-25-39(26-21-36)79-83(13,14)56(8,9)10/h18-27,31,33-34,40-43,46H,15-17,28-30,32H2,1-14H3,(H,57,71)(H,58,70)(H,59,67)(H,61,66)(H,62,73)(H,63,74)(H,64,69)(H,65,72)(H,75,76,77)/b27-22+/t33-,34-,40-,41-,42-,43-,46-/m0/s1. The zero-order chi connectivity index (χ0) is 62.4. The van der Waals surface area contributed by atoms with Crippen molar-refractivity contribution in [2.45, 2.75) is 167 Å². The molecule has 0 aliphatic carbocycles. The molecular weight excluding hydrogens is 1140 g/mol. The van der Waals surface area contributed by atoms with E-state index in [2.05, 4.69) is 115 Å². The van der Waals surface area contributed by atoms with Gasteiger partial charge in [0, 0.05) is 23.6 Å². The molecule has 4 rings (SSSR count). The van der Waals surface area contributed by atoms with E-state index in [0.29, 0.717) is 22.9 Å². The Balaban J connectivity index is 1.63. The normalized spacial score (nSPS) is 20.5. The van der Waals surface area contributed by atoms with E-state index < -0.39 is 141 Å². The van der Waals surface area contributed by atoms with Crippen LogP contribution in [0.1, 0.15) is 121 Å². The summed E-state index contributed by atoms with van der Waals surface area (Å²) in [5, 5.41) is 21.6. The van der Waals surface area contributed by atoms with Crippen LogP contribution in [0.4, 0.5) is 0 Å². The highest BCUT2D eigenvalue weighted by Gasteiger charge is 2.41. The molecule has 2 heterocycles. The van der Waals surface area contributed by atoms with Gasteiger partial charge in [0.05, 0.1) is 24.3 Å². The number of hydrogen-bond donors (Lipinski definition) is 9. The van der Waals surface area contributed by atoms with Gasteiger partial charge in [-0.2, -0.15) is 8.42 Å². The molecule has 1 aliphatic rings. The minimum Gasteiger partial charge on any atom is -0.544 e. The van der Waals surface area contributed by atoms with Crippen LogP contribution in [0.15, 0.2) is 60.0 Å². The van der Waals surface area contributed by atoms with Crippen LogP contribution in [0.3, 0.4) is 0 Å². The SMILES string of the molecule is CCC[C@@H]1NC(=O)[C@@H](NC(=O)[C@H](C)NC(=O)CNC(=O)c2ccc(O[Si](C)(C)C(C)(C)C)cc2)CNC(=O)[C@H](CS(=O)(=O)O)NC(=O)/C=C/c2csc(n2)[C@H](Cc2ccc(O[Si](C)(C)C(C)(C)C)cc2)NC(=O)C(=O)[C@H]([C@@H](C)CC)NC1=O. The van der Waals surface area contributed by atoms with Crippen molar-refractivity contribution >= 4 is 97.2 Å². The van der Waals surface area contributed by atoms with Crippen molar-refractivity contribution < 1.29 is 65.0 Å². The average Bonchev–Trinajstić information content (AvgIpc) is 3.87. The van der Waals surface area contributed by atoms with Gasteiger partial charge in [-0.25, -0.2) is 4.98 Å². The number of nitrogens with zero attached hydrogens (tertiary/aromatic N) is 1. The van der Waals surface area contributed by atoms with E-state index in [4.69, 9.17) is 8.85 Å². The van der Waals surface area contributed by atoms with Crippen LogP contribution in [0, 0.1) is 5.92 Å². The van der Waals surface area contributed by atoms with Gasteiger partial charge in [-0.15, -0.1) is 11.3 Å². The minimum atomic E-state index is -4.96. The van der Waals surface area contributed by atoms with Gasteiger partial charge in [0.15, 0.2) is 0 Å². The topological polar surface area (TPSA) is 336 Å². The Kier molecular flexibility index (Phi) is 24.1. The van der Waals surface area contributed by atoms with Gasteiger partial charge in [0.2, 0.25) is 57.9 Å². The molecule has 23 nitrogen and oxygen atoms in total. The number of carbonyl (C=O) groups is 9. The average molecular weight is 1230 g/mol. The number of ketones is 1. The Bertz CT molecular complexity index is 2980. The first-order valence-corrected chi connectivity index (χ1v) is 35.8. The first kappa shape index (κ1) is 68.7. The Labute approximate surface area is 492 Å². The van der Waals surface area contributed by atoms with Gasteiger partial charge in [0.1, 0.15) is 46.4 Å². The second kappa shape index (κ2) is 29.1. The van der Waals surface area contributed by atoms with Gasteiger partial charge in [-0.1, -0.05) is 87.3 Å². The van der Waals surface area contributed by atoms with Crippen LogP contribution in [-0.4, -0.2) is 137 Å². The number of Topliss-reactive ketones (excluding diaryl/α,β-unsaturated/α-hetero) is 1. The third kappa shape index (κ3) is 20.8. The fraction of sp³-hybridized carbons (Fsp3) is 0.536.